The molecule has 1 heterocycles. The molecular weight excluding hydrogens is 465 g/mol. The third kappa shape index (κ3) is 5.50. The second-order valence-electron chi connectivity index (χ2n) is 7.77. The van der Waals surface area contributed by atoms with E-state index in [0.29, 0.717) is 41.2 Å². The number of halogens is 3. The lowest BCUT2D eigenvalue weighted by Gasteiger charge is -2.43. The number of hydrogen-bond acceptors (Lipinski definition) is 2. The molecule has 1 aliphatic rings. The predicted molar refractivity (Wildman–Crippen MR) is 133 cm³/mol. The molecule has 0 spiro atoms. The van der Waals surface area contributed by atoms with Crippen molar-refractivity contribution in [3.63, 3.8) is 0 Å². The molecule has 1 saturated heterocycles. The van der Waals surface area contributed by atoms with Crippen LogP contribution in [-0.4, -0.2) is 37.1 Å². The summed E-state index contributed by atoms with van der Waals surface area (Å²) in [5, 5.41) is 4.93. The zero-order valence-corrected chi connectivity index (χ0v) is 19.7. The van der Waals surface area contributed by atoms with E-state index in [1.54, 1.807) is 6.07 Å². The highest BCUT2D eigenvalue weighted by Gasteiger charge is 2.31. The minimum Gasteiger partial charge on any atom is -0.360 e. The number of anilines is 1. The van der Waals surface area contributed by atoms with E-state index in [9.17, 15) is 4.79 Å². The van der Waals surface area contributed by atoms with Gasteiger partial charge in [-0.3, -0.25) is 0 Å². The minimum atomic E-state index is -0.0560. The number of benzene rings is 3. The van der Waals surface area contributed by atoms with Crippen molar-refractivity contribution in [3.05, 3.63) is 99.0 Å². The fourth-order valence-corrected chi connectivity index (χ4v) is 4.65. The Morgan fingerprint density at radius 2 is 1.62 bits per heavy atom. The van der Waals surface area contributed by atoms with E-state index in [-0.39, 0.29) is 12.1 Å². The van der Waals surface area contributed by atoms with E-state index in [4.69, 9.17) is 34.8 Å². The van der Waals surface area contributed by atoms with Crippen molar-refractivity contribution in [1.82, 2.24) is 10.2 Å². The molecule has 4 nitrogen and oxygen atoms in total. The topological polar surface area (TPSA) is 35.6 Å². The molecule has 1 fully saturated rings. The summed E-state index contributed by atoms with van der Waals surface area (Å²) in [5.74, 6) is 0. The van der Waals surface area contributed by atoms with Crippen molar-refractivity contribution in [2.24, 2.45) is 0 Å². The summed E-state index contributed by atoms with van der Waals surface area (Å²) in [6.07, 6.45) is 0.799. The molecule has 1 N–H and O–H groups in total. The number of rotatable bonds is 5. The lowest BCUT2D eigenvalue weighted by Crippen LogP contribution is -2.53. The highest BCUT2D eigenvalue weighted by molar-refractivity contribution is 6.36. The van der Waals surface area contributed by atoms with Gasteiger partial charge < -0.3 is 15.1 Å². The lowest BCUT2D eigenvalue weighted by molar-refractivity contribution is 0.185. The molecule has 1 atom stereocenters. The van der Waals surface area contributed by atoms with Crippen LogP contribution >= 0.6 is 34.8 Å². The maximum Gasteiger partial charge on any atom is 0.317 e. The Labute approximate surface area is 203 Å². The number of piperazine rings is 1. The number of amides is 2. The lowest BCUT2D eigenvalue weighted by atomic mass is 10.0. The van der Waals surface area contributed by atoms with Gasteiger partial charge in [-0.15, -0.1) is 0 Å². The average Bonchev–Trinajstić information content (AvgIpc) is 2.80. The predicted octanol–water partition coefficient (Wildman–Crippen LogP) is 6.46. The van der Waals surface area contributed by atoms with Gasteiger partial charge >= 0.3 is 6.03 Å². The molecule has 2 amide bonds. The molecule has 0 saturated carbocycles. The van der Waals surface area contributed by atoms with Gasteiger partial charge in [-0.2, -0.15) is 0 Å². The number of carbonyl (C=O) groups is 1. The Kier molecular flexibility index (Phi) is 7.46. The van der Waals surface area contributed by atoms with Crippen LogP contribution in [0.5, 0.6) is 0 Å². The van der Waals surface area contributed by atoms with Crippen molar-refractivity contribution < 1.29 is 4.79 Å². The van der Waals surface area contributed by atoms with E-state index in [2.05, 4.69) is 22.3 Å². The van der Waals surface area contributed by atoms with Crippen LogP contribution in [-0.2, 0) is 6.42 Å². The van der Waals surface area contributed by atoms with Crippen molar-refractivity contribution in [1.29, 1.82) is 0 Å². The third-order valence-corrected chi connectivity index (χ3v) is 6.46. The highest BCUT2D eigenvalue weighted by atomic mass is 35.5. The molecule has 0 aromatic heterocycles. The zero-order valence-electron chi connectivity index (χ0n) is 17.5. The summed E-state index contributed by atoms with van der Waals surface area (Å²) in [4.78, 5) is 17.0. The van der Waals surface area contributed by atoms with Crippen LogP contribution in [0.3, 0.4) is 0 Å². The van der Waals surface area contributed by atoms with E-state index < -0.39 is 0 Å². The van der Waals surface area contributed by atoms with E-state index in [1.807, 2.05) is 59.5 Å². The molecule has 3 aromatic carbocycles. The van der Waals surface area contributed by atoms with Gasteiger partial charge in [0.25, 0.3) is 0 Å². The first kappa shape index (κ1) is 22.8. The summed E-state index contributed by atoms with van der Waals surface area (Å²) in [5.41, 5.74) is 3.18. The average molecular weight is 489 g/mol. The van der Waals surface area contributed by atoms with E-state index in [0.717, 1.165) is 17.7 Å². The monoisotopic (exact) mass is 487 g/mol. The second kappa shape index (κ2) is 10.5. The summed E-state index contributed by atoms with van der Waals surface area (Å²) < 4.78 is 0. The fourth-order valence-electron chi connectivity index (χ4n) is 4.01. The Morgan fingerprint density at radius 3 is 2.34 bits per heavy atom. The largest absolute Gasteiger partial charge is 0.360 e. The Bertz CT molecular complexity index is 1060. The zero-order chi connectivity index (χ0) is 22.5. The number of hydrogen-bond donors (Lipinski definition) is 1. The molecule has 1 unspecified atom stereocenters. The molecule has 0 bridgehead atoms. The van der Waals surface area contributed by atoms with Gasteiger partial charge in [0.15, 0.2) is 0 Å². The fraction of sp³-hybridized carbons (Fsp3) is 0.240. The van der Waals surface area contributed by atoms with Crippen molar-refractivity contribution in [2.45, 2.75) is 12.5 Å². The molecule has 0 aliphatic carbocycles. The molecule has 3 aromatic rings. The van der Waals surface area contributed by atoms with Crippen molar-refractivity contribution in [3.8, 4) is 0 Å². The number of nitrogens with one attached hydrogen (secondary N) is 1. The van der Waals surface area contributed by atoms with Gasteiger partial charge in [-0.05, 0) is 47.9 Å². The van der Waals surface area contributed by atoms with Crippen LogP contribution in [0.1, 0.15) is 17.2 Å². The molecule has 0 radical (unpaired) electrons. The second-order valence-corrected chi connectivity index (χ2v) is 9.05. The number of nitrogens with zero attached hydrogens (tertiary/aromatic N) is 2. The van der Waals surface area contributed by atoms with Gasteiger partial charge in [-0.1, -0.05) is 77.3 Å². The van der Waals surface area contributed by atoms with Gasteiger partial charge in [0.05, 0.1) is 16.8 Å². The number of carbonyl (C=O) groups excluding carboxylic acids is 1. The first-order valence-corrected chi connectivity index (χ1v) is 11.7. The first-order chi connectivity index (χ1) is 15.5. The summed E-state index contributed by atoms with van der Waals surface area (Å²) in [6, 6.07) is 23.3. The van der Waals surface area contributed by atoms with Crippen LogP contribution in [0.2, 0.25) is 15.1 Å². The molecular formula is C25H24Cl3N3O. The first-order valence-electron chi connectivity index (χ1n) is 10.5. The van der Waals surface area contributed by atoms with Crippen molar-refractivity contribution in [2.75, 3.05) is 31.1 Å². The van der Waals surface area contributed by atoms with Crippen LogP contribution in [0.15, 0.2) is 72.8 Å². The third-order valence-electron chi connectivity index (χ3n) is 5.67. The Hall–Kier alpha value is -2.40. The maximum atomic E-state index is 12.9. The smallest absolute Gasteiger partial charge is 0.317 e. The van der Waals surface area contributed by atoms with Crippen LogP contribution in [0, 0.1) is 0 Å². The standard InChI is InChI=1S/C25H24Cl3N3O/c26-20-8-6-19(7-9-20)24-17-30(25(32)29-13-12-18-4-2-1-3-5-18)14-15-31(24)23-11-10-21(27)16-22(23)28/h1-11,16,24H,12-15,17H2,(H,29,32). The Morgan fingerprint density at radius 1 is 0.906 bits per heavy atom. The van der Waals surface area contributed by atoms with E-state index >= 15 is 0 Å². The maximum absolute atomic E-state index is 12.9. The highest BCUT2D eigenvalue weighted by Crippen LogP contribution is 2.36. The summed E-state index contributed by atoms with van der Waals surface area (Å²) >= 11 is 18.7. The minimum absolute atomic E-state index is 0.0539. The molecule has 1 aliphatic heterocycles. The van der Waals surface area contributed by atoms with Crippen LogP contribution in [0.4, 0.5) is 10.5 Å². The molecule has 32 heavy (non-hydrogen) atoms. The molecule has 166 valence electrons. The van der Waals surface area contributed by atoms with Crippen LogP contribution in [0.25, 0.3) is 0 Å². The van der Waals surface area contributed by atoms with Crippen LogP contribution < -0.4 is 10.2 Å². The Balaban J connectivity index is 1.49. The summed E-state index contributed by atoms with van der Waals surface area (Å²) in [6.45, 7) is 2.39. The summed E-state index contributed by atoms with van der Waals surface area (Å²) in [7, 11) is 0. The van der Waals surface area contributed by atoms with Crippen molar-refractivity contribution >= 4 is 46.5 Å². The molecule has 4 rings (SSSR count). The quantitative estimate of drug-likeness (QED) is 0.447. The number of urea groups is 1. The van der Waals surface area contributed by atoms with Gasteiger partial charge in [-0.25, -0.2) is 4.79 Å². The van der Waals surface area contributed by atoms with Gasteiger partial charge in [0.2, 0.25) is 0 Å². The van der Waals surface area contributed by atoms with Gasteiger partial charge in [0, 0.05) is 36.2 Å². The van der Waals surface area contributed by atoms with E-state index in [1.165, 1.54) is 5.56 Å². The van der Waals surface area contributed by atoms with Gasteiger partial charge in [0.1, 0.15) is 0 Å². The molecule has 7 heteroatoms. The SMILES string of the molecule is O=C(NCCc1ccccc1)N1CCN(c2ccc(Cl)cc2Cl)C(c2ccc(Cl)cc2)C1. The normalized spacial score (nSPS) is 16.2.